The summed E-state index contributed by atoms with van der Waals surface area (Å²) in [6.07, 6.45) is 24.8. The van der Waals surface area contributed by atoms with E-state index >= 15 is 0 Å². The lowest BCUT2D eigenvalue weighted by molar-refractivity contribution is 0.239. The number of likely N-dealkylation sites (N-methyl/N-ethyl adjacent to an activating group) is 1. The zero-order valence-corrected chi connectivity index (χ0v) is 24.8. The molecule has 1 rings (SSSR count). The smallest absolute Gasteiger partial charge is 0.344 e. The van der Waals surface area contributed by atoms with E-state index in [1.54, 1.807) is 0 Å². The predicted octanol–water partition coefficient (Wildman–Crippen LogP) is 8.30. The van der Waals surface area contributed by atoms with Crippen molar-refractivity contribution < 1.29 is 13.7 Å². The number of unbranched alkanes of at least 4 members (excludes halogenated alkanes) is 17. The average molecular weight is 519 g/mol. The molecule has 0 amide bonds. The Hall–Kier alpha value is -0.620. The quantitative estimate of drug-likeness (QED) is 0.0882. The van der Waals surface area contributed by atoms with Crippen LogP contribution < -0.4 is 5.90 Å². The second kappa shape index (κ2) is 23.8. The van der Waals surface area contributed by atoms with E-state index in [0.29, 0.717) is 5.96 Å². The number of rotatable bonds is 22. The summed E-state index contributed by atoms with van der Waals surface area (Å²) >= 11 is 0. The largest absolute Gasteiger partial charge is 0.473 e. The van der Waals surface area contributed by atoms with Crippen LogP contribution in [-0.2, 0) is 13.7 Å². The van der Waals surface area contributed by atoms with Gasteiger partial charge in [0.2, 0.25) is 5.96 Å². The molecule has 1 saturated heterocycles. The summed E-state index contributed by atoms with van der Waals surface area (Å²) in [5.41, 5.74) is 0. The van der Waals surface area contributed by atoms with Crippen molar-refractivity contribution in [2.24, 2.45) is 10.7 Å². The summed E-state index contributed by atoms with van der Waals surface area (Å²) in [6.45, 7) is 8.93. The first kappa shape index (κ1) is 34.4. The molecule has 1 aliphatic heterocycles. The second-order valence-electron chi connectivity index (χ2n) is 9.58. The van der Waals surface area contributed by atoms with Gasteiger partial charge < -0.3 is 9.80 Å². The summed E-state index contributed by atoms with van der Waals surface area (Å²) < 4.78 is 25.7. The lowest BCUT2D eigenvalue weighted by Crippen LogP contribution is -2.32. The molecule has 1 unspecified atom stereocenters. The first-order valence-corrected chi connectivity index (χ1v) is 16.2. The van der Waals surface area contributed by atoms with E-state index in [1.807, 2.05) is 25.8 Å². The third-order valence-corrected chi connectivity index (χ3v) is 7.84. The van der Waals surface area contributed by atoms with Crippen molar-refractivity contribution in [1.82, 2.24) is 9.80 Å². The van der Waals surface area contributed by atoms with E-state index in [9.17, 15) is 4.57 Å². The topological polar surface area (TPSA) is 80.4 Å². The van der Waals surface area contributed by atoms with E-state index in [-0.39, 0.29) is 0 Å². The molecule has 1 atom stereocenters. The molecule has 35 heavy (non-hydrogen) atoms. The molecular formula is C27H59N4O3P. The lowest BCUT2D eigenvalue weighted by atomic mass is 10.0. The van der Waals surface area contributed by atoms with Crippen molar-refractivity contribution in [3.8, 4) is 0 Å². The van der Waals surface area contributed by atoms with Crippen LogP contribution in [0.2, 0.25) is 0 Å². The van der Waals surface area contributed by atoms with Crippen molar-refractivity contribution in [1.29, 1.82) is 0 Å². The van der Waals surface area contributed by atoms with E-state index in [4.69, 9.17) is 10.4 Å². The zero-order chi connectivity index (χ0) is 26.2. The SMILES string of the molecule is CC.CCCCCCCCCCCCCCCCCCCCN1CCN(C)/C1=N\P(=O)(OC)ON. The molecule has 0 radical (unpaired) electrons. The molecule has 0 aromatic carbocycles. The molecule has 7 nitrogen and oxygen atoms in total. The Morgan fingerprint density at radius 3 is 1.54 bits per heavy atom. The molecule has 2 N–H and O–H groups in total. The van der Waals surface area contributed by atoms with Gasteiger partial charge in [0.1, 0.15) is 0 Å². The second-order valence-corrected chi connectivity index (χ2v) is 11.3. The van der Waals surface area contributed by atoms with E-state index < -0.39 is 7.75 Å². The van der Waals surface area contributed by atoms with Crippen molar-refractivity contribution >= 4 is 13.7 Å². The highest BCUT2D eigenvalue weighted by Gasteiger charge is 2.29. The molecule has 0 aromatic heterocycles. The van der Waals surface area contributed by atoms with Crippen LogP contribution in [0.1, 0.15) is 136 Å². The van der Waals surface area contributed by atoms with Gasteiger partial charge in [0.05, 0.1) is 0 Å². The maximum Gasteiger partial charge on any atom is 0.473 e. The Labute approximate surface area is 218 Å². The van der Waals surface area contributed by atoms with Gasteiger partial charge >= 0.3 is 7.75 Å². The first-order valence-electron chi connectivity index (χ1n) is 14.7. The molecule has 0 saturated carbocycles. The third-order valence-electron chi connectivity index (χ3n) is 6.69. The maximum atomic E-state index is 12.2. The standard InChI is InChI=1S/C25H53N4O3P.C2H6/c1-4-5-6-7-8-9-10-11-12-13-14-15-16-17-18-19-20-21-22-29-24-23-28(2)25(29)27-33(30,31-3)32-26;1-2/h4-24,26H2,1-3H3;1-2H3/b27-25+;. The molecule has 1 heterocycles. The fourth-order valence-electron chi connectivity index (χ4n) is 4.48. The summed E-state index contributed by atoms with van der Waals surface area (Å²) in [6, 6.07) is 0. The maximum absolute atomic E-state index is 12.2. The highest BCUT2D eigenvalue weighted by molar-refractivity contribution is 7.52. The molecule has 0 bridgehead atoms. The van der Waals surface area contributed by atoms with Crippen LogP contribution in [0.4, 0.5) is 0 Å². The Morgan fingerprint density at radius 1 is 0.771 bits per heavy atom. The van der Waals surface area contributed by atoms with Crippen LogP contribution >= 0.6 is 7.75 Å². The summed E-state index contributed by atoms with van der Waals surface area (Å²) in [5.74, 6) is 5.75. The van der Waals surface area contributed by atoms with E-state index in [1.165, 1.54) is 116 Å². The highest BCUT2D eigenvalue weighted by Crippen LogP contribution is 2.47. The number of hydrogen-bond donors (Lipinski definition) is 1. The lowest BCUT2D eigenvalue weighted by Gasteiger charge is -2.21. The molecule has 0 aromatic rings. The zero-order valence-electron chi connectivity index (χ0n) is 23.9. The van der Waals surface area contributed by atoms with Crippen LogP contribution in [-0.4, -0.2) is 49.6 Å². The Balaban J connectivity index is 0.00000562. The van der Waals surface area contributed by atoms with Crippen LogP contribution in [0.5, 0.6) is 0 Å². The number of nitrogens with two attached hydrogens (primary N) is 1. The summed E-state index contributed by atoms with van der Waals surface area (Å²) in [7, 11) is -0.366. The normalized spacial score (nSPS) is 16.5. The van der Waals surface area contributed by atoms with Gasteiger partial charge in [-0.05, 0) is 6.42 Å². The molecule has 0 aliphatic carbocycles. The first-order chi connectivity index (χ1) is 17.1. The molecule has 210 valence electrons. The van der Waals surface area contributed by atoms with Crippen molar-refractivity contribution in [2.45, 2.75) is 136 Å². The third kappa shape index (κ3) is 17.5. The predicted molar refractivity (Wildman–Crippen MR) is 152 cm³/mol. The minimum atomic E-state index is -3.60. The van der Waals surface area contributed by atoms with Gasteiger partial charge in [-0.2, -0.15) is 0 Å². The molecule has 1 fully saturated rings. The average Bonchev–Trinajstić information content (AvgIpc) is 3.22. The number of nitrogens with zero attached hydrogens (tertiary/aromatic N) is 3. The van der Waals surface area contributed by atoms with Crippen molar-refractivity contribution in [2.75, 3.05) is 33.8 Å². The monoisotopic (exact) mass is 518 g/mol. The molecule has 1 aliphatic rings. The van der Waals surface area contributed by atoms with Gasteiger partial charge in [-0.15, -0.1) is 4.76 Å². The fourth-order valence-corrected chi connectivity index (χ4v) is 5.20. The van der Waals surface area contributed by atoms with Crippen molar-refractivity contribution in [3.05, 3.63) is 0 Å². The van der Waals surface area contributed by atoms with Gasteiger partial charge in [0, 0.05) is 33.8 Å². The van der Waals surface area contributed by atoms with E-state index in [2.05, 4.69) is 21.2 Å². The Bertz CT molecular complexity index is 541. The minimum Gasteiger partial charge on any atom is -0.344 e. The van der Waals surface area contributed by atoms with Crippen LogP contribution in [0.15, 0.2) is 4.76 Å². The number of guanidine groups is 1. The summed E-state index contributed by atoms with van der Waals surface area (Å²) in [5, 5.41) is 0. The molecular weight excluding hydrogens is 459 g/mol. The number of hydrogen-bond acceptors (Lipinski definition) is 4. The van der Waals surface area contributed by atoms with Crippen LogP contribution in [0.25, 0.3) is 0 Å². The highest BCUT2D eigenvalue weighted by atomic mass is 31.2. The molecule has 8 heteroatoms. The van der Waals surface area contributed by atoms with Gasteiger partial charge in [0.15, 0.2) is 0 Å². The van der Waals surface area contributed by atoms with E-state index in [0.717, 1.165) is 26.1 Å². The molecule has 0 spiro atoms. The van der Waals surface area contributed by atoms with Gasteiger partial charge in [0.25, 0.3) is 0 Å². The van der Waals surface area contributed by atoms with Gasteiger partial charge in [-0.1, -0.05) is 130 Å². The van der Waals surface area contributed by atoms with Crippen molar-refractivity contribution in [3.63, 3.8) is 0 Å². The minimum absolute atomic E-state index is 0.651. The van der Waals surface area contributed by atoms with Gasteiger partial charge in [-0.3, -0.25) is 4.52 Å². The van der Waals surface area contributed by atoms with Crippen LogP contribution in [0, 0.1) is 0 Å². The van der Waals surface area contributed by atoms with Gasteiger partial charge in [-0.25, -0.2) is 15.1 Å². The van der Waals surface area contributed by atoms with Crippen LogP contribution in [0.3, 0.4) is 0 Å². The summed E-state index contributed by atoms with van der Waals surface area (Å²) in [4.78, 5) is 4.12. The fraction of sp³-hybridized carbons (Fsp3) is 0.963. The Morgan fingerprint density at radius 2 is 1.17 bits per heavy atom. The Kier molecular flexibility index (Phi) is 23.3.